The molecule has 1 amide bonds. The molecule has 0 saturated carbocycles. The van der Waals surface area contributed by atoms with Crippen molar-refractivity contribution in [1.82, 2.24) is 4.72 Å². The number of nitrogens with one attached hydrogen (secondary N) is 2. The number of nitriles is 1. The lowest BCUT2D eigenvalue weighted by Crippen LogP contribution is -2.39. The summed E-state index contributed by atoms with van der Waals surface area (Å²) in [6.45, 7) is 5.24. The zero-order valence-electron chi connectivity index (χ0n) is 13.7. The molecule has 0 radical (unpaired) electrons. The van der Waals surface area contributed by atoms with Gasteiger partial charge in [-0.3, -0.25) is 4.79 Å². The highest BCUT2D eigenvalue weighted by Gasteiger charge is 2.27. The Morgan fingerprint density at radius 3 is 2.30 bits per heavy atom. The maximum atomic E-state index is 11.8. The third-order valence-electron chi connectivity index (χ3n) is 3.23. The van der Waals surface area contributed by atoms with Crippen LogP contribution >= 0.6 is 0 Å². The number of hydrogen-bond donors (Lipinski definition) is 2. The molecule has 0 heterocycles. The van der Waals surface area contributed by atoms with Crippen LogP contribution in [0.2, 0.25) is 0 Å². The van der Waals surface area contributed by atoms with Crippen molar-refractivity contribution in [3.63, 3.8) is 0 Å². The van der Waals surface area contributed by atoms with Crippen molar-refractivity contribution in [3.05, 3.63) is 29.8 Å². The Labute approximate surface area is 137 Å². The molecule has 2 N–H and O–H groups in total. The molecule has 0 unspecified atom stereocenters. The van der Waals surface area contributed by atoms with Gasteiger partial charge >= 0.3 is 0 Å². The van der Waals surface area contributed by atoms with Gasteiger partial charge in [-0.2, -0.15) is 5.26 Å². The van der Waals surface area contributed by atoms with Gasteiger partial charge in [-0.25, -0.2) is 13.1 Å². The molecule has 7 heteroatoms. The van der Waals surface area contributed by atoms with Crippen LogP contribution in [-0.4, -0.2) is 25.6 Å². The van der Waals surface area contributed by atoms with E-state index in [1.54, 1.807) is 45.0 Å². The van der Waals surface area contributed by atoms with Crippen LogP contribution in [0.5, 0.6) is 0 Å². The van der Waals surface area contributed by atoms with Crippen molar-refractivity contribution in [1.29, 1.82) is 5.26 Å². The summed E-state index contributed by atoms with van der Waals surface area (Å²) in [7, 11) is -3.33. The van der Waals surface area contributed by atoms with Crippen LogP contribution in [-0.2, 0) is 14.8 Å². The average Bonchev–Trinajstić information content (AvgIpc) is 2.46. The maximum Gasteiger partial charge on any atom is 0.224 e. The van der Waals surface area contributed by atoms with Crippen molar-refractivity contribution < 1.29 is 13.2 Å². The monoisotopic (exact) mass is 337 g/mol. The zero-order valence-corrected chi connectivity index (χ0v) is 14.5. The van der Waals surface area contributed by atoms with E-state index in [2.05, 4.69) is 10.0 Å². The van der Waals surface area contributed by atoms with E-state index in [1.807, 2.05) is 6.07 Å². The van der Waals surface area contributed by atoms with Gasteiger partial charge < -0.3 is 5.32 Å². The summed E-state index contributed by atoms with van der Waals surface area (Å²) < 4.78 is 25.4. The van der Waals surface area contributed by atoms with Gasteiger partial charge in [0, 0.05) is 18.7 Å². The number of rotatable bonds is 7. The third-order valence-corrected chi connectivity index (χ3v) is 5.42. The lowest BCUT2D eigenvalue weighted by Gasteiger charge is -2.19. The first kappa shape index (κ1) is 19.1. The highest BCUT2D eigenvalue weighted by molar-refractivity contribution is 7.90. The van der Waals surface area contributed by atoms with Crippen molar-refractivity contribution in [2.24, 2.45) is 0 Å². The van der Waals surface area contributed by atoms with E-state index in [1.165, 1.54) is 0 Å². The Kier molecular flexibility index (Phi) is 6.73. The number of amides is 1. The molecule has 23 heavy (non-hydrogen) atoms. The number of nitrogens with zero attached hydrogens (tertiary/aromatic N) is 1. The predicted octanol–water partition coefficient (Wildman–Crippen LogP) is 2.38. The molecule has 0 aliphatic rings. The quantitative estimate of drug-likeness (QED) is 0.746. The molecule has 0 bridgehead atoms. The summed E-state index contributed by atoms with van der Waals surface area (Å²) in [5.74, 6) is -0.131. The van der Waals surface area contributed by atoms with Crippen LogP contribution in [0.15, 0.2) is 24.3 Å². The van der Waals surface area contributed by atoms with Crippen molar-refractivity contribution in [2.45, 2.75) is 44.8 Å². The van der Waals surface area contributed by atoms with E-state index in [9.17, 15) is 13.2 Å². The number of hydrogen-bond acceptors (Lipinski definition) is 4. The number of carbonyl (C=O) groups excluding carboxylic acids is 1. The summed E-state index contributed by atoms with van der Waals surface area (Å²) in [5, 5.41) is 11.4. The molecule has 0 aromatic heterocycles. The number of unbranched alkanes of at least 4 members (excludes halogenated alkanes) is 1. The fourth-order valence-electron chi connectivity index (χ4n) is 1.69. The summed E-state index contributed by atoms with van der Waals surface area (Å²) in [4.78, 5) is 11.8. The van der Waals surface area contributed by atoms with Gasteiger partial charge in [0.15, 0.2) is 0 Å². The molecule has 1 aromatic carbocycles. The van der Waals surface area contributed by atoms with E-state index in [-0.39, 0.29) is 5.91 Å². The maximum absolute atomic E-state index is 11.8. The molecule has 1 aromatic rings. The second kappa shape index (κ2) is 8.09. The molecule has 6 nitrogen and oxygen atoms in total. The van der Waals surface area contributed by atoms with E-state index < -0.39 is 14.8 Å². The summed E-state index contributed by atoms with van der Waals surface area (Å²) in [6, 6.07) is 8.63. The summed E-state index contributed by atoms with van der Waals surface area (Å²) in [5.41, 5.74) is 1.18. The molecule has 0 aliphatic carbocycles. The highest BCUT2D eigenvalue weighted by Crippen LogP contribution is 2.13. The minimum atomic E-state index is -3.33. The predicted molar refractivity (Wildman–Crippen MR) is 90.3 cm³/mol. The minimum Gasteiger partial charge on any atom is -0.326 e. The lowest BCUT2D eigenvalue weighted by atomic mass is 10.2. The molecule has 1 rings (SSSR count). The van der Waals surface area contributed by atoms with Crippen LogP contribution in [0.4, 0.5) is 5.69 Å². The van der Waals surface area contributed by atoms with E-state index in [0.717, 1.165) is 0 Å². The fraction of sp³-hybridized carbons (Fsp3) is 0.500. The van der Waals surface area contributed by atoms with Gasteiger partial charge in [-0.15, -0.1) is 0 Å². The van der Waals surface area contributed by atoms with E-state index >= 15 is 0 Å². The third kappa shape index (κ3) is 6.38. The second-order valence-corrected chi connectivity index (χ2v) is 8.72. The topological polar surface area (TPSA) is 99.1 Å². The number of carbonyl (C=O) groups is 1. The fourth-order valence-corrected chi connectivity index (χ4v) is 2.53. The van der Waals surface area contributed by atoms with Crippen molar-refractivity contribution in [3.8, 4) is 6.07 Å². The first-order chi connectivity index (χ1) is 10.7. The highest BCUT2D eigenvalue weighted by atomic mass is 32.2. The average molecular weight is 337 g/mol. The molecule has 0 atom stereocenters. The Morgan fingerprint density at radius 2 is 1.78 bits per heavy atom. The van der Waals surface area contributed by atoms with Crippen LogP contribution in [0.1, 0.15) is 45.6 Å². The Balaban J connectivity index is 2.28. The number of anilines is 1. The van der Waals surface area contributed by atoms with Crippen LogP contribution in [0, 0.1) is 11.3 Å². The second-order valence-electron chi connectivity index (χ2n) is 6.20. The minimum absolute atomic E-state index is 0.131. The molecular formula is C16H23N3O3S. The number of sulfonamides is 1. The molecule has 126 valence electrons. The van der Waals surface area contributed by atoms with Crippen LogP contribution < -0.4 is 10.0 Å². The van der Waals surface area contributed by atoms with Gasteiger partial charge in [0.1, 0.15) is 0 Å². The molecule has 0 saturated heterocycles. The Hall–Kier alpha value is -1.91. The standard InChI is InChI=1S/C16H23N3O3S/c1-16(2,3)23(21,22)18-11-5-4-6-15(20)19-14-9-7-13(12-17)8-10-14/h7-10,18H,4-6,11H2,1-3H3,(H,19,20). The lowest BCUT2D eigenvalue weighted by molar-refractivity contribution is -0.116. The SMILES string of the molecule is CC(C)(C)S(=O)(=O)NCCCCC(=O)Nc1ccc(C#N)cc1. The largest absolute Gasteiger partial charge is 0.326 e. The molecule has 0 spiro atoms. The van der Waals surface area contributed by atoms with Crippen LogP contribution in [0.25, 0.3) is 0 Å². The van der Waals surface area contributed by atoms with E-state index in [0.29, 0.717) is 37.1 Å². The smallest absolute Gasteiger partial charge is 0.224 e. The van der Waals surface area contributed by atoms with Crippen LogP contribution in [0.3, 0.4) is 0 Å². The summed E-state index contributed by atoms with van der Waals surface area (Å²) in [6.07, 6.45) is 1.50. The van der Waals surface area contributed by atoms with Gasteiger partial charge in [0.05, 0.1) is 16.4 Å². The van der Waals surface area contributed by atoms with Gasteiger partial charge in [0.2, 0.25) is 15.9 Å². The molecule has 0 aliphatic heterocycles. The van der Waals surface area contributed by atoms with Gasteiger partial charge in [-0.1, -0.05) is 0 Å². The van der Waals surface area contributed by atoms with E-state index in [4.69, 9.17) is 5.26 Å². The molecule has 0 fully saturated rings. The normalized spacial score (nSPS) is 11.7. The van der Waals surface area contributed by atoms with Crippen molar-refractivity contribution in [2.75, 3.05) is 11.9 Å². The van der Waals surface area contributed by atoms with Crippen molar-refractivity contribution >= 4 is 21.6 Å². The number of benzene rings is 1. The van der Waals surface area contributed by atoms with Gasteiger partial charge in [0.25, 0.3) is 0 Å². The first-order valence-corrected chi connectivity index (χ1v) is 8.93. The Bertz CT molecular complexity index is 668. The zero-order chi connectivity index (χ0) is 17.5. The molecular weight excluding hydrogens is 314 g/mol. The summed E-state index contributed by atoms with van der Waals surface area (Å²) >= 11 is 0. The first-order valence-electron chi connectivity index (χ1n) is 7.45. The van der Waals surface area contributed by atoms with Gasteiger partial charge in [-0.05, 0) is 57.9 Å². The Morgan fingerprint density at radius 1 is 1.17 bits per heavy atom.